The van der Waals surface area contributed by atoms with Crippen molar-refractivity contribution in [2.24, 2.45) is 0 Å². The molecule has 1 saturated heterocycles. The highest BCUT2D eigenvalue weighted by Crippen LogP contribution is 2.42. The number of pyridine rings is 1. The molecule has 3 heterocycles. The fourth-order valence-corrected chi connectivity index (χ4v) is 5.32. The van der Waals surface area contributed by atoms with Gasteiger partial charge in [-0.05, 0) is 65.6 Å². The van der Waals surface area contributed by atoms with Gasteiger partial charge in [0.2, 0.25) is 0 Å². The van der Waals surface area contributed by atoms with E-state index in [0.29, 0.717) is 29.9 Å². The van der Waals surface area contributed by atoms with Crippen molar-refractivity contribution in [3.8, 4) is 11.5 Å². The molecule has 3 aromatic carbocycles. The van der Waals surface area contributed by atoms with Crippen LogP contribution in [0.5, 0.6) is 11.5 Å². The van der Waals surface area contributed by atoms with Crippen LogP contribution in [-0.4, -0.2) is 32.8 Å². The van der Waals surface area contributed by atoms with Gasteiger partial charge < -0.3 is 19.5 Å². The van der Waals surface area contributed by atoms with Gasteiger partial charge >= 0.3 is 0 Å². The highest BCUT2D eigenvalue weighted by atomic mass is 16.5. The number of benzene rings is 3. The van der Waals surface area contributed by atoms with Crippen LogP contribution < -0.4 is 9.47 Å². The van der Waals surface area contributed by atoms with Crippen LogP contribution >= 0.6 is 0 Å². The SMILES string of the molecule is C[C@@H]1Cc2cc(/C(O)=C3\C(=O)C(=O)N(Cc4cccnc4)[C@@H]3c3cccc(OCc4ccccc4)c3)ccc2O1. The second kappa shape index (κ2) is 10.7. The van der Waals surface area contributed by atoms with Gasteiger partial charge in [0.15, 0.2) is 0 Å². The van der Waals surface area contributed by atoms with Crippen LogP contribution in [0.15, 0.2) is 103 Å². The molecule has 1 N–H and O–H groups in total. The Kier molecular flexibility index (Phi) is 6.78. The fourth-order valence-electron chi connectivity index (χ4n) is 5.32. The Morgan fingerprint density at radius 2 is 1.82 bits per heavy atom. The minimum absolute atomic E-state index is 0.0380. The van der Waals surface area contributed by atoms with Gasteiger partial charge in [-0.15, -0.1) is 0 Å². The Morgan fingerprint density at radius 3 is 2.62 bits per heavy atom. The molecule has 6 rings (SSSR count). The highest BCUT2D eigenvalue weighted by molar-refractivity contribution is 6.46. The van der Waals surface area contributed by atoms with Crippen LogP contribution in [0.2, 0.25) is 0 Å². The van der Waals surface area contributed by atoms with Crippen LogP contribution in [-0.2, 0) is 29.2 Å². The van der Waals surface area contributed by atoms with Gasteiger partial charge in [0.1, 0.15) is 30.0 Å². The van der Waals surface area contributed by atoms with E-state index in [2.05, 4.69) is 4.98 Å². The van der Waals surface area contributed by atoms with Crippen LogP contribution in [0, 0.1) is 0 Å². The maximum atomic E-state index is 13.5. The highest BCUT2D eigenvalue weighted by Gasteiger charge is 2.46. The normalized spacial score (nSPS) is 19.4. The predicted octanol–water partition coefficient (Wildman–Crippen LogP) is 5.61. The Labute approximate surface area is 232 Å². The molecule has 4 aromatic rings. The molecular weight excluding hydrogens is 504 g/mol. The third-order valence-electron chi connectivity index (χ3n) is 7.21. The lowest BCUT2D eigenvalue weighted by Gasteiger charge is -2.25. The number of amides is 1. The van der Waals surface area contributed by atoms with E-state index in [9.17, 15) is 14.7 Å². The number of aliphatic hydroxyl groups excluding tert-OH is 1. The number of Topliss-reactive ketones (excluding diaryl/α,β-unsaturated/α-hetero) is 1. The van der Waals surface area contributed by atoms with Crippen LogP contribution in [0.1, 0.15) is 40.8 Å². The zero-order valence-corrected chi connectivity index (χ0v) is 22.0. The minimum atomic E-state index is -0.816. The van der Waals surface area contributed by atoms with Crippen LogP contribution in [0.25, 0.3) is 5.76 Å². The number of ether oxygens (including phenoxy) is 2. The number of likely N-dealkylation sites (tertiary alicyclic amines) is 1. The summed E-state index contributed by atoms with van der Waals surface area (Å²) in [6.45, 7) is 2.51. The number of carbonyl (C=O) groups is 2. The molecule has 7 heteroatoms. The standard InChI is InChI=1S/C33H28N2O5/c1-21-15-26-16-25(12-13-28(26)40-21)31(36)29-30(35(33(38)32(29)37)19-23-9-6-14-34-18-23)24-10-5-11-27(17-24)39-20-22-7-3-2-4-8-22/h2-14,16-18,21,30,36H,15,19-20H2,1H3/b31-29+/t21-,30-/m1/s1. The van der Waals surface area contributed by atoms with Crippen molar-refractivity contribution < 1.29 is 24.2 Å². The summed E-state index contributed by atoms with van der Waals surface area (Å²) in [5.74, 6) is -0.260. The van der Waals surface area contributed by atoms with Crippen molar-refractivity contribution in [1.82, 2.24) is 9.88 Å². The molecule has 2 atom stereocenters. The third kappa shape index (κ3) is 4.94. The number of carbonyl (C=O) groups excluding carboxylic acids is 2. The Morgan fingerprint density at radius 1 is 1.00 bits per heavy atom. The summed E-state index contributed by atoms with van der Waals surface area (Å²) < 4.78 is 11.8. The van der Waals surface area contributed by atoms with Gasteiger partial charge in [-0.1, -0.05) is 48.5 Å². The first-order chi connectivity index (χ1) is 19.5. The van der Waals surface area contributed by atoms with Crippen molar-refractivity contribution in [1.29, 1.82) is 0 Å². The quantitative estimate of drug-likeness (QED) is 0.189. The molecule has 0 radical (unpaired) electrons. The zero-order chi connectivity index (χ0) is 27.6. The van der Waals surface area contributed by atoms with E-state index in [1.807, 2.05) is 73.7 Å². The van der Waals surface area contributed by atoms with Gasteiger partial charge in [-0.25, -0.2) is 0 Å². The molecule has 1 fully saturated rings. The zero-order valence-electron chi connectivity index (χ0n) is 22.0. The van der Waals surface area contributed by atoms with Crippen molar-refractivity contribution in [3.63, 3.8) is 0 Å². The van der Waals surface area contributed by atoms with Crippen LogP contribution in [0.4, 0.5) is 0 Å². The minimum Gasteiger partial charge on any atom is -0.507 e. The average Bonchev–Trinajstić information content (AvgIpc) is 3.48. The lowest BCUT2D eigenvalue weighted by molar-refractivity contribution is -0.140. The summed E-state index contributed by atoms with van der Waals surface area (Å²) in [7, 11) is 0. The first-order valence-electron chi connectivity index (χ1n) is 13.2. The van der Waals surface area contributed by atoms with Crippen LogP contribution in [0.3, 0.4) is 0 Å². The number of ketones is 1. The number of aromatic nitrogens is 1. The third-order valence-corrected chi connectivity index (χ3v) is 7.21. The fraction of sp³-hybridized carbons (Fsp3) is 0.182. The summed E-state index contributed by atoms with van der Waals surface area (Å²) >= 11 is 0. The number of aliphatic hydroxyl groups is 1. The lowest BCUT2D eigenvalue weighted by Crippen LogP contribution is -2.29. The van der Waals surface area contributed by atoms with Gasteiger partial charge in [0, 0.05) is 30.9 Å². The Balaban J connectivity index is 1.41. The van der Waals surface area contributed by atoms with E-state index in [4.69, 9.17) is 9.47 Å². The summed E-state index contributed by atoms with van der Waals surface area (Å²) in [6.07, 6.45) is 4.06. The van der Waals surface area contributed by atoms with E-state index in [1.54, 1.807) is 30.6 Å². The Bertz CT molecular complexity index is 1600. The maximum Gasteiger partial charge on any atom is 0.295 e. The number of hydrogen-bond acceptors (Lipinski definition) is 6. The van der Waals surface area contributed by atoms with Gasteiger partial charge in [0.25, 0.3) is 11.7 Å². The number of rotatable bonds is 7. The van der Waals surface area contributed by atoms with E-state index in [1.165, 1.54) is 4.90 Å². The number of hydrogen-bond donors (Lipinski definition) is 1. The summed E-state index contributed by atoms with van der Waals surface area (Å²) in [5.41, 5.74) is 3.92. The molecule has 200 valence electrons. The molecular formula is C33H28N2O5. The molecule has 7 nitrogen and oxygen atoms in total. The van der Waals surface area contributed by atoms with E-state index < -0.39 is 17.7 Å². The number of fused-ring (bicyclic) bond motifs is 1. The summed E-state index contributed by atoms with van der Waals surface area (Å²) in [5, 5.41) is 11.5. The molecule has 0 saturated carbocycles. The second-order valence-corrected chi connectivity index (χ2v) is 10.1. The summed E-state index contributed by atoms with van der Waals surface area (Å²) in [6, 6.07) is 25.3. The first kappa shape index (κ1) is 25.4. The molecule has 0 unspecified atom stereocenters. The van der Waals surface area contributed by atoms with Crippen molar-refractivity contribution in [3.05, 3.63) is 131 Å². The molecule has 0 bridgehead atoms. The molecule has 1 aromatic heterocycles. The molecule has 1 amide bonds. The monoisotopic (exact) mass is 532 g/mol. The smallest absolute Gasteiger partial charge is 0.295 e. The molecule has 0 aliphatic carbocycles. The summed E-state index contributed by atoms with van der Waals surface area (Å²) in [4.78, 5) is 32.6. The van der Waals surface area contributed by atoms with Gasteiger partial charge in [-0.3, -0.25) is 14.6 Å². The van der Waals surface area contributed by atoms with Gasteiger partial charge in [0.05, 0.1) is 11.6 Å². The van der Waals surface area contributed by atoms with Crippen molar-refractivity contribution in [2.75, 3.05) is 0 Å². The van der Waals surface area contributed by atoms with E-state index in [-0.39, 0.29) is 24.0 Å². The predicted molar refractivity (Wildman–Crippen MR) is 150 cm³/mol. The maximum absolute atomic E-state index is 13.5. The topological polar surface area (TPSA) is 89.0 Å². The average molecular weight is 533 g/mol. The van der Waals surface area contributed by atoms with Gasteiger partial charge in [-0.2, -0.15) is 0 Å². The largest absolute Gasteiger partial charge is 0.507 e. The number of nitrogens with zero attached hydrogens (tertiary/aromatic N) is 2. The molecule has 2 aliphatic rings. The van der Waals surface area contributed by atoms with E-state index in [0.717, 1.165) is 22.4 Å². The van der Waals surface area contributed by atoms with Crippen molar-refractivity contribution >= 4 is 17.4 Å². The Hall–Kier alpha value is -4.91. The molecule has 2 aliphatic heterocycles. The van der Waals surface area contributed by atoms with E-state index >= 15 is 0 Å². The molecule has 0 spiro atoms. The second-order valence-electron chi connectivity index (χ2n) is 10.1. The first-order valence-corrected chi connectivity index (χ1v) is 13.2. The lowest BCUT2D eigenvalue weighted by atomic mass is 9.94. The van der Waals surface area contributed by atoms with Crippen molar-refractivity contribution in [2.45, 2.75) is 38.6 Å². The molecule has 40 heavy (non-hydrogen) atoms.